The minimum atomic E-state index is 0.492. The first kappa shape index (κ1) is 18.3. The summed E-state index contributed by atoms with van der Waals surface area (Å²) in [5.74, 6) is 1.42. The number of nitrogens with zero attached hydrogens (tertiary/aromatic N) is 5. The number of ether oxygens (including phenoxy) is 1. The summed E-state index contributed by atoms with van der Waals surface area (Å²) in [6.07, 6.45) is 2.61. The van der Waals surface area contributed by atoms with Gasteiger partial charge >= 0.3 is 0 Å². The molecule has 7 heteroatoms. The fourth-order valence-electron chi connectivity index (χ4n) is 4.07. The van der Waals surface area contributed by atoms with E-state index in [-0.39, 0.29) is 0 Å². The second-order valence-corrected chi connectivity index (χ2v) is 7.55. The zero-order chi connectivity index (χ0) is 20.7. The molecule has 7 nitrogen and oxygen atoms in total. The third-order valence-electron chi connectivity index (χ3n) is 5.60. The standard InChI is InChI=1S/C23H22N6O/c1-14-9-16(20-5-6-21(30-2)28-27-20)11-19-22(14)25-13-26-23(19)29-8-7-15-3-4-18(24)10-17(15)12-29/h3-6,9-11,13H,7-8,12,24H2,1-2H3. The van der Waals surface area contributed by atoms with Crippen molar-refractivity contribution in [3.63, 3.8) is 0 Å². The number of methoxy groups -OCH3 is 1. The van der Waals surface area contributed by atoms with Crippen LogP contribution in [-0.2, 0) is 13.0 Å². The van der Waals surface area contributed by atoms with Crippen LogP contribution in [0.2, 0.25) is 0 Å². The molecule has 0 bridgehead atoms. The fraction of sp³-hybridized carbons (Fsp3) is 0.217. The normalized spacial score (nSPS) is 13.3. The quantitative estimate of drug-likeness (QED) is 0.528. The molecule has 1 aliphatic heterocycles. The summed E-state index contributed by atoms with van der Waals surface area (Å²) in [5.41, 5.74) is 13.2. The number of fused-ring (bicyclic) bond motifs is 2. The van der Waals surface area contributed by atoms with Crippen LogP contribution in [0.1, 0.15) is 16.7 Å². The minimum absolute atomic E-state index is 0.492. The summed E-state index contributed by atoms with van der Waals surface area (Å²) in [4.78, 5) is 11.5. The number of nitrogen functional groups attached to an aromatic ring is 1. The van der Waals surface area contributed by atoms with Crippen LogP contribution in [0, 0.1) is 6.92 Å². The summed E-state index contributed by atoms with van der Waals surface area (Å²) < 4.78 is 5.13. The Bertz CT molecular complexity index is 1240. The molecule has 1 aliphatic rings. The molecule has 3 heterocycles. The molecule has 0 amide bonds. The number of hydrogen-bond donors (Lipinski definition) is 1. The van der Waals surface area contributed by atoms with Crippen molar-refractivity contribution in [1.82, 2.24) is 20.2 Å². The van der Waals surface area contributed by atoms with E-state index in [4.69, 9.17) is 10.5 Å². The molecule has 0 fully saturated rings. The largest absolute Gasteiger partial charge is 0.480 e. The van der Waals surface area contributed by atoms with Crippen LogP contribution < -0.4 is 15.4 Å². The highest BCUT2D eigenvalue weighted by Gasteiger charge is 2.21. The van der Waals surface area contributed by atoms with Crippen LogP contribution >= 0.6 is 0 Å². The Morgan fingerprint density at radius 3 is 2.70 bits per heavy atom. The molecule has 0 saturated heterocycles. The molecule has 0 radical (unpaired) electrons. The number of hydrogen-bond acceptors (Lipinski definition) is 7. The van der Waals surface area contributed by atoms with Crippen molar-refractivity contribution < 1.29 is 4.74 Å². The van der Waals surface area contributed by atoms with Gasteiger partial charge in [-0.2, -0.15) is 0 Å². The molecule has 2 aromatic carbocycles. The number of aromatic nitrogens is 4. The van der Waals surface area contributed by atoms with Gasteiger partial charge in [0.2, 0.25) is 5.88 Å². The van der Waals surface area contributed by atoms with Crippen LogP contribution in [0.15, 0.2) is 48.8 Å². The lowest BCUT2D eigenvalue weighted by atomic mass is 9.98. The smallest absolute Gasteiger partial charge is 0.233 e. The molecule has 0 spiro atoms. The van der Waals surface area contributed by atoms with E-state index >= 15 is 0 Å². The topological polar surface area (TPSA) is 90.1 Å². The third kappa shape index (κ3) is 3.18. The molecule has 2 N–H and O–H groups in total. The average Bonchev–Trinajstić information content (AvgIpc) is 2.78. The number of rotatable bonds is 3. The predicted molar refractivity (Wildman–Crippen MR) is 117 cm³/mol. The van der Waals surface area contributed by atoms with Gasteiger partial charge in [-0.15, -0.1) is 10.2 Å². The fourth-order valence-corrected chi connectivity index (χ4v) is 4.07. The Hall–Kier alpha value is -3.74. The summed E-state index contributed by atoms with van der Waals surface area (Å²) >= 11 is 0. The van der Waals surface area contributed by atoms with Crippen molar-refractivity contribution >= 4 is 22.4 Å². The monoisotopic (exact) mass is 398 g/mol. The summed E-state index contributed by atoms with van der Waals surface area (Å²) in [5, 5.41) is 9.42. The van der Waals surface area contributed by atoms with Crippen molar-refractivity contribution in [2.24, 2.45) is 0 Å². The maximum absolute atomic E-state index is 6.02. The zero-order valence-corrected chi connectivity index (χ0v) is 17.0. The Morgan fingerprint density at radius 2 is 1.90 bits per heavy atom. The van der Waals surface area contributed by atoms with Gasteiger partial charge in [-0.3, -0.25) is 0 Å². The van der Waals surface area contributed by atoms with E-state index in [9.17, 15) is 0 Å². The summed E-state index contributed by atoms with van der Waals surface area (Å²) in [7, 11) is 1.58. The maximum atomic E-state index is 6.02. The van der Waals surface area contributed by atoms with Gasteiger partial charge in [-0.05, 0) is 60.4 Å². The van der Waals surface area contributed by atoms with Crippen molar-refractivity contribution in [3.05, 3.63) is 65.5 Å². The molecule has 0 atom stereocenters. The highest BCUT2D eigenvalue weighted by atomic mass is 16.5. The highest BCUT2D eigenvalue weighted by Crippen LogP contribution is 2.33. The number of benzene rings is 2. The number of aryl methyl sites for hydroxylation is 1. The molecular weight excluding hydrogens is 376 g/mol. The number of anilines is 2. The van der Waals surface area contributed by atoms with Gasteiger partial charge in [0, 0.05) is 35.8 Å². The van der Waals surface area contributed by atoms with Crippen LogP contribution in [0.3, 0.4) is 0 Å². The van der Waals surface area contributed by atoms with E-state index in [2.05, 4.69) is 56.3 Å². The van der Waals surface area contributed by atoms with Gasteiger partial charge in [-0.1, -0.05) is 6.07 Å². The lowest BCUT2D eigenvalue weighted by Crippen LogP contribution is -2.31. The lowest BCUT2D eigenvalue weighted by Gasteiger charge is -2.30. The molecule has 30 heavy (non-hydrogen) atoms. The van der Waals surface area contributed by atoms with E-state index < -0.39 is 0 Å². The summed E-state index contributed by atoms with van der Waals surface area (Å²) in [6.45, 7) is 3.73. The number of nitrogens with two attached hydrogens (primary N) is 1. The second kappa shape index (κ2) is 7.26. The maximum Gasteiger partial charge on any atom is 0.233 e. The van der Waals surface area contributed by atoms with E-state index in [0.29, 0.717) is 5.88 Å². The first-order chi connectivity index (χ1) is 14.6. The molecule has 5 rings (SSSR count). The Kier molecular flexibility index (Phi) is 4.43. The van der Waals surface area contributed by atoms with Crippen LogP contribution in [0.4, 0.5) is 11.5 Å². The van der Waals surface area contributed by atoms with E-state index in [0.717, 1.165) is 58.7 Å². The van der Waals surface area contributed by atoms with Crippen LogP contribution in [-0.4, -0.2) is 33.8 Å². The molecule has 0 saturated carbocycles. The van der Waals surface area contributed by atoms with Crippen molar-refractivity contribution in [2.45, 2.75) is 19.9 Å². The zero-order valence-electron chi connectivity index (χ0n) is 17.0. The molecule has 0 unspecified atom stereocenters. The molecular formula is C23H22N6O. The Morgan fingerprint density at radius 1 is 1.00 bits per heavy atom. The van der Waals surface area contributed by atoms with Crippen molar-refractivity contribution in [2.75, 3.05) is 24.3 Å². The second-order valence-electron chi connectivity index (χ2n) is 7.55. The predicted octanol–water partition coefficient (Wildman–Crippen LogP) is 3.55. The van der Waals surface area contributed by atoms with Crippen LogP contribution in [0.25, 0.3) is 22.2 Å². The molecule has 4 aromatic rings. The van der Waals surface area contributed by atoms with Gasteiger partial charge in [0.25, 0.3) is 0 Å². The molecule has 0 aliphatic carbocycles. The van der Waals surface area contributed by atoms with E-state index in [1.54, 1.807) is 13.4 Å². The van der Waals surface area contributed by atoms with Gasteiger partial charge in [0.15, 0.2) is 0 Å². The first-order valence-electron chi connectivity index (χ1n) is 9.88. The highest BCUT2D eigenvalue weighted by molar-refractivity contribution is 5.94. The van der Waals surface area contributed by atoms with Crippen molar-refractivity contribution in [1.29, 1.82) is 0 Å². The van der Waals surface area contributed by atoms with Gasteiger partial charge in [0.1, 0.15) is 12.1 Å². The van der Waals surface area contributed by atoms with E-state index in [1.165, 1.54) is 11.1 Å². The SMILES string of the molecule is COc1ccc(-c2cc(C)c3ncnc(N4CCc5ccc(N)cc5C4)c3c2)nn1. The summed E-state index contributed by atoms with van der Waals surface area (Å²) in [6, 6.07) is 14.1. The van der Waals surface area contributed by atoms with Crippen LogP contribution in [0.5, 0.6) is 5.88 Å². The Labute approximate surface area is 174 Å². The third-order valence-corrected chi connectivity index (χ3v) is 5.60. The van der Waals surface area contributed by atoms with Gasteiger partial charge in [-0.25, -0.2) is 9.97 Å². The first-order valence-corrected chi connectivity index (χ1v) is 9.88. The molecule has 150 valence electrons. The van der Waals surface area contributed by atoms with E-state index in [1.807, 2.05) is 18.2 Å². The molecule has 2 aromatic heterocycles. The van der Waals surface area contributed by atoms with Gasteiger partial charge < -0.3 is 15.4 Å². The van der Waals surface area contributed by atoms with Gasteiger partial charge in [0.05, 0.1) is 18.3 Å². The Balaban J connectivity index is 1.59. The lowest BCUT2D eigenvalue weighted by molar-refractivity contribution is 0.392. The average molecular weight is 398 g/mol. The minimum Gasteiger partial charge on any atom is -0.480 e. The van der Waals surface area contributed by atoms with Crippen molar-refractivity contribution in [3.8, 4) is 17.1 Å².